The molecule has 12 heteroatoms. The second-order valence-corrected chi connectivity index (χ2v) is 8.35. The van der Waals surface area contributed by atoms with Crippen LogP contribution in [0.4, 0.5) is 13.2 Å². The molecule has 0 aliphatic heterocycles. The Morgan fingerprint density at radius 1 is 1.29 bits per heavy atom. The Balaban J connectivity index is 1.71. The van der Waals surface area contributed by atoms with E-state index in [4.69, 9.17) is 16.3 Å². The lowest BCUT2D eigenvalue weighted by Gasteiger charge is -2.20. The van der Waals surface area contributed by atoms with Gasteiger partial charge in [-0.05, 0) is 36.8 Å². The number of para-hydroxylation sites is 1. The van der Waals surface area contributed by atoms with Crippen LogP contribution in [0.5, 0.6) is 5.75 Å². The van der Waals surface area contributed by atoms with E-state index in [1.165, 1.54) is 14.2 Å². The molecule has 0 spiro atoms. The molecule has 35 heavy (non-hydrogen) atoms. The lowest BCUT2D eigenvalue weighted by molar-refractivity contribution is -0.132. The van der Waals surface area contributed by atoms with Crippen LogP contribution < -0.4 is 10.1 Å². The summed E-state index contributed by atoms with van der Waals surface area (Å²) in [6.45, 7) is 1.73. The summed E-state index contributed by atoms with van der Waals surface area (Å²) < 4.78 is 47.2. The van der Waals surface area contributed by atoms with Crippen molar-refractivity contribution in [3.63, 3.8) is 0 Å². The van der Waals surface area contributed by atoms with Gasteiger partial charge in [0.15, 0.2) is 5.82 Å². The summed E-state index contributed by atoms with van der Waals surface area (Å²) in [5.74, 6) is -1.97. The third-order valence-electron chi connectivity index (χ3n) is 5.47. The molecule has 7 nitrogen and oxygen atoms in total. The minimum absolute atomic E-state index is 0.0438. The van der Waals surface area contributed by atoms with E-state index >= 15 is 0 Å². The van der Waals surface area contributed by atoms with Crippen LogP contribution in [0, 0.1) is 12.7 Å². The summed E-state index contributed by atoms with van der Waals surface area (Å²) >= 11 is 6.28. The number of nitrogens with one attached hydrogen (secondary N) is 1. The highest BCUT2D eigenvalue weighted by Gasteiger charge is 2.22. The number of fused-ring (bicyclic) bond motifs is 1. The van der Waals surface area contributed by atoms with Crippen LogP contribution in [0.3, 0.4) is 0 Å². The number of alkyl halides is 2. The SMILES string of the molecule is B[C@@H](NC(=O)C(F)F)c1cc(F)cc(Cl)c1COc1cccc2c(-c3ncnn3C)cc(C)nc12. The average molecular weight is 502 g/mol. The number of halogens is 4. The number of ether oxygens (including phenoxy) is 1. The molecule has 0 bridgehead atoms. The fraction of sp³-hybridized carbons (Fsp3) is 0.217. The van der Waals surface area contributed by atoms with Gasteiger partial charge >= 0.3 is 6.43 Å². The number of amides is 1. The number of pyridine rings is 1. The van der Waals surface area contributed by atoms with Crippen molar-refractivity contribution in [1.29, 1.82) is 0 Å². The topological polar surface area (TPSA) is 81.9 Å². The van der Waals surface area contributed by atoms with E-state index in [2.05, 4.69) is 20.4 Å². The molecule has 0 aliphatic carbocycles. The number of benzene rings is 2. The van der Waals surface area contributed by atoms with Crippen LogP contribution >= 0.6 is 11.6 Å². The van der Waals surface area contributed by atoms with Gasteiger partial charge in [-0.3, -0.25) is 4.79 Å². The molecule has 0 saturated carbocycles. The molecule has 4 rings (SSSR count). The Morgan fingerprint density at radius 3 is 2.74 bits per heavy atom. The third-order valence-corrected chi connectivity index (χ3v) is 5.81. The largest absolute Gasteiger partial charge is 0.487 e. The van der Waals surface area contributed by atoms with E-state index in [0.717, 1.165) is 28.8 Å². The summed E-state index contributed by atoms with van der Waals surface area (Å²) in [5, 5.41) is 7.12. The Labute approximate surface area is 204 Å². The van der Waals surface area contributed by atoms with Gasteiger partial charge in [-0.15, -0.1) is 0 Å². The summed E-state index contributed by atoms with van der Waals surface area (Å²) in [6, 6.07) is 9.55. The highest BCUT2D eigenvalue weighted by molar-refractivity contribution is 6.31. The van der Waals surface area contributed by atoms with Crippen LogP contribution in [0.15, 0.2) is 42.7 Å². The molecule has 4 aromatic rings. The number of rotatable bonds is 7. The Morgan fingerprint density at radius 2 is 2.06 bits per heavy atom. The maximum atomic E-state index is 14.1. The van der Waals surface area contributed by atoms with Gasteiger partial charge in [-0.1, -0.05) is 23.7 Å². The average Bonchev–Trinajstić information content (AvgIpc) is 3.23. The fourth-order valence-corrected chi connectivity index (χ4v) is 4.13. The van der Waals surface area contributed by atoms with E-state index < -0.39 is 24.1 Å². The lowest BCUT2D eigenvalue weighted by Crippen LogP contribution is -2.34. The molecule has 1 amide bonds. The summed E-state index contributed by atoms with van der Waals surface area (Å²) in [5.41, 5.74) is 2.71. The van der Waals surface area contributed by atoms with E-state index in [1.807, 2.05) is 19.1 Å². The van der Waals surface area contributed by atoms with Crippen LogP contribution in [0.1, 0.15) is 22.8 Å². The molecule has 1 N–H and O–H groups in total. The Bertz CT molecular complexity index is 1420. The molecule has 180 valence electrons. The molecule has 1 atom stereocenters. The normalized spacial score (nSPS) is 12.2. The molecule has 0 saturated heterocycles. The molecule has 2 aromatic carbocycles. The number of hydrogen-bond acceptors (Lipinski definition) is 5. The van der Waals surface area contributed by atoms with Crippen molar-refractivity contribution in [3.05, 3.63) is 70.4 Å². The highest BCUT2D eigenvalue weighted by Crippen LogP contribution is 2.34. The minimum atomic E-state index is -3.20. The fourth-order valence-electron chi connectivity index (χ4n) is 3.86. The Kier molecular flexibility index (Phi) is 6.97. The number of hydrogen-bond donors (Lipinski definition) is 1. The first-order chi connectivity index (χ1) is 16.7. The van der Waals surface area contributed by atoms with Crippen molar-refractivity contribution in [2.24, 2.45) is 7.05 Å². The molecule has 2 heterocycles. The van der Waals surface area contributed by atoms with Crippen molar-refractivity contribution < 1.29 is 22.7 Å². The standard InChI is InChI=1S/C23H20BClF3N5O2/c1-11-6-15(22-29-10-30-33(22)2)13-4-3-5-18(19(13)31-11)35-9-16-14(7-12(26)8-17(16)25)20(24)32-23(34)21(27)28/h3-8,10,20-21H,9,24H2,1-2H3,(H,32,34)/t20-/m0/s1. The molecule has 0 fully saturated rings. The van der Waals surface area contributed by atoms with Gasteiger partial charge < -0.3 is 10.1 Å². The van der Waals surface area contributed by atoms with Crippen molar-refractivity contribution in [1.82, 2.24) is 25.1 Å². The van der Waals surface area contributed by atoms with Crippen LogP contribution in [-0.2, 0) is 18.4 Å². The van der Waals surface area contributed by atoms with Crippen molar-refractivity contribution in [3.8, 4) is 17.1 Å². The van der Waals surface area contributed by atoms with Gasteiger partial charge in [-0.2, -0.15) is 13.9 Å². The zero-order chi connectivity index (χ0) is 25.3. The summed E-state index contributed by atoms with van der Waals surface area (Å²) in [6.07, 6.45) is -1.74. The molecular weight excluding hydrogens is 482 g/mol. The zero-order valence-corrected chi connectivity index (χ0v) is 19.8. The number of carbonyl (C=O) groups is 1. The predicted octanol–water partition coefficient (Wildman–Crippen LogP) is 3.72. The smallest absolute Gasteiger partial charge is 0.315 e. The quantitative estimate of drug-likeness (QED) is 0.390. The van der Waals surface area contributed by atoms with Gasteiger partial charge in [-0.25, -0.2) is 19.0 Å². The number of nitrogens with zero attached hydrogens (tertiary/aromatic N) is 4. The van der Waals surface area contributed by atoms with Crippen molar-refractivity contribution >= 4 is 36.3 Å². The van der Waals surface area contributed by atoms with Gasteiger partial charge in [0.05, 0.1) is 5.02 Å². The van der Waals surface area contributed by atoms with Crippen LogP contribution in [-0.4, -0.2) is 39.9 Å². The first-order valence-corrected chi connectivity index (χ1v) is 11.0. The lowest BCUT2D eigenvalue weighted by atomic mass is 9.86. The zero-order valence-electron chi connectivity index (χ0n) is 19.0. The molecule has 2 aromatic heterocycles. The van der Waals surface area contributed by atoms with Gasteiger partial charge in [0.25, 0.3) is 5.91 Å². The maximum Gasteiger partial charge on any atom is 0.315 e. The van der Waals surface area contributed by atoms with Crippen molar-refractivity contribution in [2.75, 3.05) is 0 Å². The van der Waals surface area contributed by atoms with E-state index in [0.29, 0.717) is 22.7 Å². The van der Waals surface area contributed by atoms with E-state index in [-0.39, 0.29) is 17.2 Å². The van der Waals surface area contributed by atoms with Gasteiger partial charge in [0.1, 0.15) is 37.9 Å². The minimum Gasteiger partial charge on any atom is -0.487 e. The molecule has 0 radical (unpaired) electrons. The first kappa shape index (κ1) is 24.5. The summed E-state index contributed by atoms with van der Waals surface area (Å²) in [7, 11) is 3.25. The van der Waals surface area contributed by atoms with Crippen LogP contribution in [0.2, 0.25) is 5.02 Å². The molecule has 0 aliphatic rings. The maximum absolute atomic E-state index is 14.1. The van der Waals surface area contributed by atoms with Gasteiger partial charge in [0, 0.05) is 35.2 Å². The van der Waals surface area contributed by atoms with E-state index in [1.54, 1.807) is 23.9 Å². The van der Waals surface area contributed by atoms with E-state index in [9.17, 15) is 18.0 Å². The molecular formula is C23H20BClF3N5O2. The van der Waals surface area contributed by atoms with Crippen molar-refractivity contribution in [2.45, 2.75) is 25.9 Å². The highest BCUT2D eigenvalue weighted by atomic mass is 35.5. The molecule has 0 unspecified atom stereocenters. The number of carbonyl (C=O) groups excluding carboxylic acids is 1. The summed E-state index contributed by atoms with van der Waals surface area (Å²) in [4.78, 5) is 20.4. The monoisotopic (exact) mass is 501 g/mol. The van der Waals surface area contributed by atoms with Gasteiger partial charge in [0.2, 0.25) is 0 Å². The third kappa shape index (κ3) is 5.09. The number of aryl methyl sites for hydroxylation is 2. The predicted molar refractivity (Wildman–Crippen MR) is 128 cm³/mol. The second kappa shape index (κ2) is 9.95. The number of aromatic nitrogens is 4. The van der Waals surface area contributed by atoms with Crippen LogP contribution in [0.25, 0.3) is 22.3 Å². The Hall–Kier alpha value is -3.60. The second-order valence-electron chi connectivity index (χ2n) is 7.95. The first-order valence-electron chi connectivity index (χ1n) is 10.6.